The molecule has 0 saturated carbocycles. The van der Waals surface area contributed by atoms with E-state index in [0.29, 0.717) is 5.69 Å². The van der Waals surface area contributed by atoms with Crippen LogP contribution in [0.15, 0.2) is 24.3 Å². The molecule has 0 fully saturated rings. The van der Waals surface area contributed by atoms with E-state index in [1.807, 2.05) is 19.1 Å². The fourth-order valence-corrected chi connectivity index (χ4v) is 1.37. The Kier molecular flexibility index (Phi) is 4.74. The van der Waals surface area contributed by atoms with Crippen LogP contribution in [0.4, 0.5) is 18.9 Å². The van der Waals surface area contributed by atoms with Gasteiger partial charge in [0.25, 0.3) is 0 Å². The highest BCUT2D eigenvalue weighted by molar-refractivity contribution is 7.80. The van der Waals surface area contributed by atoms with Gasteiger partial charge in [0, 0.05) is 5.69 Å². The van der Waals surface area contributed by atoms with E-state index in [1.54, 1.807) is 12.1 Å². The highest BCUT2D eigenvalue weighted by Crippen LogP contribution is 2.13. The molecule has 0 aliphatic heterocycles. The maximum absolute atomic E-state index is 11.9. The van der Waals surface area contributed by atoms with Gasteiger partial charge < -0.3 is 10.6 Å². The first kappa shape index (κ1) is 13.8. The quantitative estimate of drug-likeness (QED) is 0.818. The van der Waals surface area contributed by atoms with Crippen molar-refractivity contribution >= 4 is 23.0 Å². The summed E-state index contributed by atoms with van der Waals surface area (Å²) in [6.07, 6.45) is -3.35. The van der Waals surface area contributed by atoms with Crippen LogP contribution < -0.4 is 10.6 Å². The Morgan fingerprint density at radius 2 is 1.82 bits per heavy atom. The van der Waals surface area contributed by atoms with Crippen molar-refractivity contribution in [3.63, 3.8) is 0 Å². The SMILES string of the molecule is CCc1ccc(NC(=S)NCC(F)(F)F)cc1. The van der Waals surface area contributed by atoms with Gasteiger partial charge in [-0.1, -0.05) is 19.1 Å². The Balaban J connectivity index is 2.45. The second-order valence-electron chi connectivity index (χ2n) is 3.47. The summed E-state index contributed by atoms with van der Waals surface area (Å²) in [5, 5.41) is 4.75. The second-order valence-corrected chi connectivity index (χ2v) is 3.88. The molecule has 1 rings (SSSR count). The lowest BCUT2D eigenvalue weighted by molar-refractivity contribution is -0.121. The van der Waals surface area contributed by atoms with Crippen LogP contribution in [0.5, 0.6) is 0 Å². The highest BCUT2D eigenvalue weighted by Gasteiger charge is 2.26. The van der Waals surface area contributed by atoms with Gasteiger partial charge in [-0.2, -0.15) is 13.2 Å². The first-order valence-electron chi connectivity index (χ1n) is 5.11. The lowest BCUT2D eigenvalue weighted by atomic mass is 10.1. The molecule has 1 aromatic carbocycles. The van der Waals surface area contributed by atoms with Crippen molar-refractivity contribution < 1.29 is 13.2 Å². The Hall–Kier alpha value is -1.30. The molecule has 17 heavy (non-hydrogen) atoms. The summed E-state index contributed by atoms with van der Waals surface area (Å²) in [5.41, 5.74) is 1.83. The molecular formula is C11H13F3N2S. The van der Waals surface area contributed by atoms with Gasteiger partial charge in [-0.05, 0) is 36.3 Å². The molecule has 94 valence electrons. The maximum Gasteiger partial charge on any atom is 0.405 e. The summed E-state index contributed by atoms with van der Waals surface area (Å²) in [6, 6.07) is 7.35. The van der Waals surface area contributed by atoms with Crippen LogP contribution in [-0.4, -0.2) is 17.8 Å². The van der Waals surface area contributed by atoms with Crippen molar-refractivity contribution in [1.29, 1.82) is 0 Å². The first-order chi connectivity index (χ1) is 7.90. The molecule has 0 atom stereocenters. The van der Waals surface area contributed by atoms with Crippen molar-refractivity contribution in [2.24, 2.45) is 0 Å². The summed E-state index contributed by atoms with van der Waals surface area (Å²) in [5.74, 6) is 0. The molecule has 2 N–H and O–H groups in total. The molecule has 2 nitrogen and oxygen atoms in total. The summed E-state index contributed by atoms with van der Waals surface area (Å²) in [6.45, 7) is 0.893. The average Bonchev–Trinajstić information content (AvgIpc) is 2.27. The molecule has 0 unspecified atom stereocenters. The van der Waals surface area contributed by atoms with E-state index < -0.39 is 12.7 Å². The van der Waals surface area contributed by atoms with Gasteiger partial charge in [0.15, 0.2) is 5.11 Å². The van der Waals surface area contributed by atoms with E-state index in [4.69, 9.17) is 12.2 Å². The molecule has 0 aliphatic rings. The number of hydrogen-bond acceptors (Lipinski definition) is 1. The second kappa shape index (κ2) is 5.86. The van der Waals surface area contributed by atoms with E-state index in [9.17, 15) is 13.2 Å². The van der Waals surface area contributed by atoms with Gasteiger partial charge in [-0.3, -0.25) is 0 Å². The molecule has 0 amide bonds. The molecule has 0 aliphatic carbocycles. The number of alkyl halides is 3. The third kappa shape index (κ3) is 5.53. The van der Waals surface area contributed by atoms with Gasteiger partial charge in [-0.15, -0.1) is 0 Å². The fraction of sp³-hybridized carbons (Fsp3) is 0.364. The van der Waals surface area contributed by atoms with Crippen LogP contribution >= 0.6 is 12.2 Å². The number of nitrogens with one attached hydrogen (secondary N) is 2. The van der Waals surface area contributed by atoms with E-state index in [2.05, 4.69) is 10.6 Å². The number of halogens is 3. The van der Waals surface area contributed by atoms with Gasteiger partial charge in [-0.25, -0.2) is 0 Å². The van der Waals surface area contributed by atoms with Crippen molar-refractivity contribution in [1.82, 2.24) is 5.32 Å². The Morgan fingerprint density at radius 3 is 2.29 bits per heavy atom. The smallest absolute Gasteiger partial charge is 0.353 e. The number of anilines is 1. The molecule has 0 spiro atoms. The Labute approximate surface area is 103 Å². The number of thiocarbonyl (C=S) groups is 1. The monoisotopic (exact) mass is 262 g/mol. The molecule has 0 bridgehead atoms. The van der Waals surface area contributed by atoms with Crippen LogP contribution in [0.3, 0.4) is 0 Å². The predicted octanol–water partition coefficient (Wildman–Crippen LogP) is 3.10. The lowest BCUT2D eigenvalue weighted by Crippen LogP contribution is -2.36. The van der Waals surface area contributed by atoms with Crippen LogP contribution in [0, 0.1) is 0 Å². The molecule has 6 heteroatoms. The predicted molar refractivity (Wildman–Crippen MR) is 66.1 cm³/mol. The zero-order chi connectivity index (χ0) is 12.9. The molecule has 1 aromatic rings. The minimum atomic E-state index is -4.27. The maximum atomic E-state index is 11.9. The molecular weight excluding hydrogens is 249 g/mol. The summed E-state index contributed by atoms with van der Waals surface area (Å²) in [4.78, 5) is 0. The third-order valence-electron chi connectivity index (χ3n) is 2.07. The summed E-state index contributed by atoms with van der Waals surface area (Å²) < 4.78 is 35.7. The Morgan fingerprint density at radius 1 is 1.24 bits per heavy atom. The summed E-state index contributed by atoms with van der Waals surface area (Å²) in [7, 11) is 0. The van der Waals surface area contributed by atoms with Crippen molar-refractivity contribution in [2.75, 3.05) is 11.9 Å². The van der Waals surface area contributed by atoms with E-state index in [0.717, 1.165) is 12.0 Å². The zero-order valence-corrected chi connectivity index (χ0v) is 10.1. The minimum Gasteiger partial charge on any atom is -0.353 e. The number of rotatable bonds is 3. The molecule has 0 heterocycles. The molecule has 0 radical (unpaired) electrons. The zero-order valence-electron chi connectivity index (χ0n) is 9.27. The standard InChI is InChI=1S/C11H13F3N2S/c1-2-8-3-5-9(6-4-8)16-10(17)15-7-11(12,13)14/h3-6H,2,7H2,1H3,(H2,15,16,17). The van der Waals surface area contributed by atoms with Crippen molar-refractivity contribution in [2.45, 2.75) is 19.5 Å². The number of benzene rings is 1. The Bertz CT molecular complexity index is 373. The number of aryl methyl sites for hydroxylation is 1. The van der Waals surface area contributed by atoms with Crippen molar-refractivity contribution in [3.05, 3.63) is 29.8 Å². The number of hydrogen-bond donors (Lipinski definition) is 2. The largest absolute Gasteiger partial charge is 0.405 e. The minimum absolute atomic E-state index is 0.0356. The normalized spacial score (nSPS) is 11.1. The molecule has 0 saturated heterocycles. The van der Waals surface area contributed by atoms with Crippen LogP contribution in [0.2, 0.25) is 0 Å². The fourth-order valence-electron chi connectivity index (χ4n) is 1.18. The molecule has 0 aromatic heterocycles. The highest BCUT2D eigenvalue weighted by atomic mass is 32.1. The van der Waals surface area contributed by atoms with Gasteiger partial charge in [0.2, 0.25) is 0 Å². The topological polar surface area (TPSA) is 24.1 Å². The lowest BCUT2D eigenvalue weighted by Gasteiger charge is -2.12. The first-order valence-corrected chi connectivity index (χ1v) is 5.52. The van der Waals surface area contributed by atoms with E-state index in [-0.39, 0.29) is 5.11 Å². The van der Waals surface area contributed by atoms with E-state index >= 15 is 0 Å². The average molecular weight is 262 g/mol. The van der Waals surface area contributed by atoms with Crippen LogP contribution in [0.25, 0.3) is 0 Å². The third-order valence-corrected chi connectivity index (χ3v) is 2.32. The van der Waals surface area contributed by atoms with Gasteiger partial charge in [0.05, 0.1) is 0 Å². The van der Waals surface area contributed by atoms with Gasteiger partial charge in [0.1, 0.15) is 6.54 Å². The van der Waals surface area contributed by atoms with Crippen molar-refractivity contribution in [3.8, 4) is 0 Å². The van der Waals surface area contributed by atoms with Crippen LogP contribution in [0.1, 0.15) is 12.5 Å². The van der Waals surface area contributed by atoms with E-state index in [1.165, 1.54) is 0 Å². The summed E-state index contributed by atoms with van der Waals surface area (Å²) >= 11 is 4.74. The van der Waals surface area contributed by atoms with Crippen LogP contribution in [-0.2, 0) is 6.42 Å². The van der Waals surface area contributed by atoms with Gasteiger partial charge >= 0.3 is 6.18 Å².